The van der Waals surface area contributed by atoms with Crippen molar-refractivity contribution in [2.45, 2.75) is 0 Å². The molecule has 0 saturated heterocycles. The Labute approximate surface area is 258 Å². The average Bonchev–Trinajstić information content (AvgIpc) is 3.62. The Hall–Kier alpha value is -6.20. The Balaban J connectivity index is 1.30. The van der Waals surface area contributed by atoms with Gasteiger partial charge in [0.05, 0.1) is 27.9 Å². The maximum atomic E-state index is 10.5. The number of benzene rings is 5. The molecule has 45 heavy (non-hydrogen) atoms. The molecule has 0 saturated carbocycles. The molecule has 5 aromatic carbocycles. The van der Waals surface area contributed by atoms with Gasteiger partial charge in [0.15, 0.2) is 0 Å². The summed E-state index contributed by atoms with van der Waals surface area (Å²) in [6.45, 7) is 0. The van der Waals surface area contributed by atoms with Gasteiger partial charge in [-0.05, 0) is 78.9 Å². The highest BCUT2D eigenvalue weighted by Gasteiger charge is 2.21. The van der Waals surface area contributed by atoms with E-state index in [1.807, 2.05) is 48.7 Å². The maximum Gasteiger partial charge on any atom is 0.145 e. The molecule has 0 bridgehead atoms. The van der Waals surface area contributed by atoms with Crippen LogP contribution < -0.4 is 0 Å². The molecule has 0 aliphatic heterocycles. The molecule has 0 aliphatic carbocycles. The summed E-state index contributed by atoms with van der Waals surface area (Å²) < 4.78 is 4.61. The fourth-order valence-electron chi connectivity index (χ4n) is 6.75. The first-order valence-electron chi connectivity index (χ1n) is 15.0. The molecule has 0 spiro atoms. The number of hydrogen-bond acceptors (Lipinski definition) is 3. The second-order valence-corrected chi connectivity index (χ2v) is 11.2. The lowest BCUT2D eigenvalue weighted by Gasteiger charge is -2.11. The van der Waals surface area contributed by atoms with Crippen LogP contribution in [-0.2, 0) is 0 Å². The molecule has 4 heterocycles. The number of nitrogens with zero attached hydrogens (tertiary/aromatic N) is 4. The van der Waals surface area contributed by atoms with Gasteiger partial charge in [-0.2, -0.15) is 0 Å². The van der Waals surface area contributed by atoms with Crippen LogP contribution in [0, 0.1) is 0 Å². The third-order valence-corrected chi connectivity index (χ3v) is 8.67. The molecule has 1 N–H and O–H groups in total. The van der Waals surface area contributed by atoms with E-state index in [9.17, 15) is 5.11 Å². The highest BCUT2D eigenvalue weighted by molar-refractivity contribution is 6.28. The summed E-state index contributed by atoms with van der Waals surface area (Å²) in [5.41, 5.74) is 9.74. The van der Waals surface area contributed by atoms with E-state index in [4.69, 9.17) is 9.97 Å². The summed E-state index contributed by atoms with van der Waals surface area (Å²) in [6.07, 6.45) is 1.86. The molecule has 212 valence electrons. The van der Waals surface area contributed by atoms with Crippen molar-refractivity contribution >= 4 is 43.7 Å². The van der Waals surface area contributed by atoms with Crippen molar-refractivity contribution in [3.05, 3.63) is 152 Å². The van der Waals surface area contributed by atoms with Gasteiger partial charge in [-0.25, -0.2) is 9.97 Å². The SMILES string of the molecule is Oc1ccccc1-c1cccc(-c2cccc(-n3c4ccc5c(c6ccccc6n5-c5ccccc5)c4c4cccnc43)c2)n1. The quantitative estimate of drug-likeness (QED) is 0.226. The second kappa shape index (κ2) is 9.93. The number of pyridine rings is 2. The van der Waals surface area contributed by atoms with Crippen LogP contribution in [0.25, 0.3) is 77.6 Å². The highest BCUT2D eigenvalue weighted by atomic mass is 16.3. The van der Waals surface area contributed by atoms with Crippen molar-refractivity contribution in [1.82, 2.24) is 19.1 Å². The van der Waals surface area contributed by atoms with Gasteiger partial charge in [0.25, 0.3) is 0 Å². The van der Waals surface area contributed by atoms with E-state index in [-0.39, 0.29) is 5.75 Å². The maximum absolute atomic E-state index is 10.5. The number of aromatic nitrogens is 4. The molecule has 5 heteroatoms. The number of fused-ring (bicyclic) bond motifs is 7. The smallest absolute Gasteiger partial charge is 0.145 e. The Kier molecular flexibility index (Phi) is 5.59. The molecule has 0 amide bonds. The summed E-state index contributed by atoms with van der Waals surface area (Å²) in [5, 5.41) is 15.2. The van der Waals surface area contributed by atoms with Crippen molar-refractivity contribution in [2.24, 2.45) is 0 Å². The van der Waals surface area contributed by atoms with Crippen molar-refractivity contribution in [1.29, 1.82) is 0 Å². The van der Waals surface area contributed by atoms with Gasteiger partial charge in [0.2, 0.25) is 0 Å². The number of aromatic hydroxyl groups is 1. The minimum atomic E-state index is 0.215. The summed E-state index contributed by atoms with van der Waals surface area (Å²) in [6, 6.07) is 49.5. The largest absolute Gasteiger partial charge is 0.507 e. The van der Waals surface area contributed by atoms with Gasteiger partial charge in [0, 0.05) is 50.2 Å². The van der Waals surface area contributed by atoms with Gasteiger partial charge in [-0.15, -0.1) is 0 Å². The first kappa shape index (κ1) is 25.3. The summed E-state index contributed by atoms with van der Waals surface area (Å²) in [4.78, 5) is 9.87. The third-order valence-electron chi connectivity index (χ3n) is 8.67. The van der Waals surface area contributed by atoms with Crippen LogP contribution in [0.15, 0.2) is 152 Å². The Morgan fingerprint density at radius 2 is 1.18 bits per heavy atom. The molecule has 0 radical (unpaired) electrons. The lowest BCUT2D eigenvalue weighted by Crippen LogP contribution is -1.96. The number of para-hydroxylation sites is 3. The minimum absolute atomic E-state index is 0.215. The molecule has 0 unspecified atom stereocenters. The lowest BCUT2D eigenvalue weighted by molar-refractivity contribution is 0.477. The van der Waals surface area contributed by atoms with Crippen molar-refractivity contribution < 1.29 is 5.11 Å². The van der Waals surface area contributed by atoms with Crippen LogP contribution in [0.1, 0.15) is 0 Å². The topological polar surface area (TPSA) is 55.9 Å². The van der Waals surface area contributed by atoms with Crippen LogP contribution in [0.2, 0.25) is 0 Å². The molecule has 0 fully saturated rings. The number of phenols is 1. The number of hydrogen-bond donors (Lipinski definition) is 1. The minimum Gasteiger partial charge on any atom is -0.507 e. The van der Waals surface area contributed by atoms with E-state index < -0.39 is 0 Å². The first-order chi connectivity index (χ1) is 22.3. The van der Waals surface area contributed by atoms with E-state index in [1.54, 1.807) is 6.07 Å². The van der Waals surface area contributed by atoms with Crippen LogP contribution >= 0.6 is 0 Å². The molecule has 9 rings (SSSR count). The van der Waals surface area contributed by atoms with E-state index >= 15 is 0 Å². The van der Waals surface area contributed by atoms with E-state index in [1.165, 1.54) is 21.7 Å². The Morgan fingerprint density at radius 3 is 2.07 bits per heavy atom. The van der Waals surface area contributed by atoms with Crippen molar-refractivity contribution in [3.63, 3.8) is 0 Å². The lowest BCUT2D eigenvalue weighted by atomic mass is 10.1. The molecule has 5 nitrogen and oxygen atoms in total. The van der Waals surface area contributed by atoms with Crippen LogP contribution in [0.4, 0.5) is 0 Å². The van der Waals surface area contributed by atoms with Crippen LogP contribution in [-0.4, -0.2) is 24.2 Å². The van der Waals surface area contributed by atoms with Crippen molar-refractivity contribution in [2.75, 3.05) is 0 Å². The molecule has 9 aromatic rings. The zero-order valence-electron chi connectivity index (χ0n) is 24.2. The fourth-order valence-corrected chi connectivity index (χ4v) is 6.75. The molecule has 0 atom stereocenters. The zero-order valence-corrected chi connectivity index (χ0v) is 24.2. The molecule has 0 aliphatic rings. The standard InChI is InChI=1S/C40H26N4O/c45-37-21-7-5-15-29(37)33-19-9-18-32(42-33)26-11-8-14-28(25-26)44-36-23-22-35-38(39(36)31-17-10-24-41-40(31)44)30-16-4-6-20-34(30)43(35)27-12-2-1-3-13-27/h1-25,45H. The van der Waals surface area contributed by atoms with Gasteiger partial charge in [-0.3, -0.25) is 4.57 Å². The second-order valence-electron chi connectivity index (χ2n) is 11.2. The molecular weight excluding hydrogens is 552 g/mol. The monoisotopic (exact) mass is 578 g/mol. The normalized spacial score (nSPS) is 11.6. The van der Waals surface area contributed by atoms with E-state index in [0.717, 1.165) is 50.4 Å². The van der Waals surface area contributed by atoms with Crippen LogP contribution in [0.3, 0.4) is 0 Å². The Bertz CT molecular complexity index is 2560. The third kappa shape index (κ3) is 3.88. The predicted octanol–water partition coefficient (Wildman–Crippen LogP) is 9.71. The number of rotatable bonds is 4. The average molecular weight is 579 g/mol. The van der Waals surface area contributed by atoms with Gasteiger partial charge in [0.1, 0.15) is 11.4 Å². The Morgan fingerprint density at radius 1 is 0.489 bits per heavy atom. The van der Waals surface area contributed by atoms with E-state index in [2.05, 4.69) is 106 Å². The number of phenolic OH excluding ortho intramolecular Hbond substituents is 1. The fraction of sp³-hybridized carbons (Fsp3) is 0. The van der Waals surface area contributed by atoms with Gasteiger partial charge >= 0.3 is 0 Å². The summed E-state index contributed by atoms with van der Waals surface area (Å²) in [5.74, 6) is 0.215. The van der Waals surface area contributed by atoms with Crippen LogP contribution in [0.5, 0.6) is 5.75 Å². The van der Waals surface area contributed by atoms with Gasteiger partial charge < -0.3 is 9.67 Å². The zero-order chi connectivity index (χ0) is 29.9. The first-order valence-corrected chi connectivity index (χ1v) is 15.0. The predicted molar refractivity (Wildman–Crippen MR) is 183 cm³/mol. The van der Waals surface area contributed by atoms with E-state index in [0.29, 0.717) is 5.56 Å². The molecular formula is C40H26N4O. The summed E-state index contributed by atoms with van der Waals surface area (Å²) in [7, 11) is 0. The summed E-state index contributed by atoms with van der Waals surface area (Å²) >= 11 is 0. The van der Waals surface area contributed by atoms with Crippen molar-refractivity contribution in [3.8, 4) is 39.6 Å². The highest BCUT2D eigenvalue weighted by Crippen LogP contribution is 2.42. The molecule has 4 aromatic heterocycles. The van der Waals surface area contributed by atoms with Gasteiger partial charge in [-0.1, -0.05) is 66.7 Å².